The van der Waals surface area contributed by atoms with E-state index in [2.05, 4.69) is 10.3 Å². The van der Waals surface area contributed by atoms with Crippen LogP contribution in [0.4, 0.5) is 0 Å². The number of nitrogens with one attached hydrogen (secondary N) is 1. The van der Waals surface area contributed by atoms with Gasteiger partial charge >= 0.3 is 0 Å². The summed E-state index contributed by atoms with van der Waals surface area (Å²) in [5.74, 6) is -0.0344. The van der Waals surface area contributed by atoms with E-state index in [1.165, 1.54) is 11.3 Å². The minimum Gasteiger partial charge on any atom is -0.351 e. The summed E-state index contributed by atoms with van der Waals surface area (Å²) in [6.45, 7) is 3.00. The van der Waals surface area contributed by atoms with Crippen LogP contribution in [0.1, 0.15) is 46.7 Å². The molecule has 0 aliphatic rings. The Bertz CT molecular complexity index is 898. The average Bonchev–Trinajstić information content (AvgIpc) is 3.31. The average molecular weight is 408 g/mol. The number of nitrogens with zero attached hydrogens (tertiary/aromatic N) is 2. The largest absolute Gasteiger partial charge is 0.351 e. The minimum absolute atomic E-state index is 0.0531. The molecule has 0 fully saturated rings. The summed E-state index contributed by atoms with van der Waals surface area (Å²) in [4.78, 5) is 32.0. The van der Waals surface area contributed by atoms with Crippen molar-refractivity contribution in [1.29, 1.82) is 0 Å². The molecule has 0 saturated heterocycles. The number of carbonyl (C=O) groups excluding carboxylic acids is 2. The van der Waals surface area contributed by atoms with Crippen LogP contribution in [0.3, 0.4) is 0 Å². The summed E-state index contributed by atoms with van der Waals surface area (Å²) < 4.78 is 0. The predicted octanol–water partition coefficient (Wildman–Crippen LogP) is 4.44. The third-order valence-corrected chi connectivity index (χ3v) is 5.57. The Morgan fingerprint density at radius 3 is 2.55 bits per heavy atom. The lowest BCUT2D eigenvalue weighted by atomic mass is 10.1. The summed E-state index contributed by atoms with van der Waals surface area (Å²) in [5.41, 5.74) is 1.94. The Morgan fingerprint density at radius 2 is 1.86 bits per heavy atom. The summed E-state index contributed by atoms with van der Waals surface area (Å²) in [7, 11) is 0. The number of amides is 2. The predicted molar refractivity (Wildman–Crippen MR) is 116 cm³/mol. The lowest BCUT2D eigenvalue weighted by Gasteiger charge is -2.29. The van der Waals surface area contributed by atoms with Crippen molar-refractivity contribution in [2.75, 3.05) is 6.54 Å². The molecule has 1 aromatic carbocycles. The van der Waals surface area contributed by atoms with Crippen LogP contribution < -0.4 is 5.32 Å². The second kappa shape index (κ2) is 10.5. The molecule has 1 N–H and O–H groups in total. The monoisotopic (exact) mass is 407 g/mol. The topological polar surface area (TPSA) is 62.3 Å². The van der Waals surface area contributed by atoms with Gasteiger partial charge in [-0.1, -0.05) is 42.5 Å². The highest BCUT2D eigenvalue weighted by Gasteiger charge is 2.22. The fourth-order valence-electron chi connectivity index (χ4n) is 3.08. The zero-order valence-electron chi connectivity index (χ0n) is 16.5. The lowest BCUT2D eigenvalue weighted by Crippen LogP contribution is -2.34. The third-order valence-electron chi connectivity index (χ3n) is 4.70. The van der Waals surface area contributed by atoms with E-state index in [9.17, 15) is 9.59 Å². The van der Waals surface area contributed by atoms with Gasteiger partial charge < -0.3 is 10.2 Å². The van der Waals surface area contributed by atoms with E-state index in [-0.39, 0.29) is 17.9 Å². The van der Waals surface area contributed by atoms with Gasteiger partial charge in [0, 0.05) is 25.7 Å². The molecular weight excluding hydrogens is 382 g/mol. The van der Waals surface area contributed by atoms with Gasteiger partial charge in [-0.05, 0) is 42.5 Å². The van der Waals surface area contributed by atoms with Gasteiger partial charge in [-0.25, -0.2) is 0 Å². The molecule has 2 aromatic heterocycles. The Morgan fingerprint density at radius 1 is 1.07 bits per heavy atom. The SMILES string of the molecule is CC(c1ccccn1)N(Cc1ccccc1)C(=O)CCCNC(=O)c1cccs1. The van der Waals surface area contributed by atoms with Crippen molar-refractivity contribution in [3.63, 3.8) is 0 Å². The van der Waals surface area contributed by atoms with Crippen molar-refractivity contribution in [2.45, 2.75) is 32.4 Å². The molecule has 0 spiro atoms. The molecule has 2 heterocycles. The van der Waals surface area contributed by atoms with Gasteiger partial charge in [-0.2, -0.15) is 0 Å². The fraction of sp³-hybridized carbons (Fsp3) is 0.261. The maximum atomic E-state index is 13.0. The highest BCUT2D eigenvalue weighted by atomic mass is 32.1. The fourth-order valence-corrected chi connectivity index (χ4v) is 3.72. The molecular formula is C23H25N3O2S. The van der Waals surface area contributed by atoms with Crippen LogP contribution in [-0.2, 0) is 11.3 Å². The maximum Gasteiger partial charge on any atom is 0.261 e. The molecule has 3 rings (SSSR count). The lowest BCUT2D eigenvalue weighted by molar-refractivity contribution is -0.134. The number of thiophene rings is 1. The smallest absolute Gasteiger partial charge is 0.261 e. The van der Waals surface area contributed by atoms with Crippen molar-refractivity contribution >= 4 is 23.2 Å². The van der Waals surface area contributed by atoms with Crippen molar-refractivity contribution < 1.29 is 9.59 Å². The van der Waals surface area contributed by atoms with E-state index in [1.54, 1.807) is 12.3 Å². The van der Waals surface area contributed by atoms with Crippen LogP contribution in [0, 0.1) is 0 Å². The molecule has 3 aromatic rings. The van der Waals surface area contributed by atoms with E-state index in [0.717, 1.165) is 11.3 Å². The van der Waals surface area contributed by atoms with E-state index >= 15 is 0 Å². The first-order valence-corrected chi connectivity index (χ1v) is 10.6. The molecule has 2 amide bonds. The summed E-state index contributed by atoms with van der Waals surface area (Å²) in [6, 6.07) is 19.2. The highest BCUT2D eigenvalue weighted by Crippen LogP contribution is 2.22. The zero-order chi connectivity index (χ0) is 20.5. The molecule has 0 bridgehead atoms. The van der Waals surface area contributed by atoms with Gasteiger partial charge in [0.2, 0.25) is 5.91 Å². The summed E-state index contributed by atoms with van der Waals surface area (Å²) >= 11 is 1.41. The quantitative estimate of drug-likeness (QED) is 0.533. The Labute approximate surface area is 175 Å². The van der Waals surface area contributed by atoms with Crippen LogP contribution in [0.15, 0.2) is 72.2 Å². The molecule has 6 heteroatoms. The standard InChI is InChI=1S/C23H25N3O2S/c1-18(20-11-5-6-14-24-20)26(17-19-9-3-2-4-10-19)22(27)13-7-15-25-23(28)21-12-8-16-29-21/h2-6,8-12,14,16,18H,7,13,15,17H2,1H3,(H,25,28). The van der Waals surface area contributed by atoms with Gasteiger partial charge in [0.15, 0.2) is 0 Å². The van der Waals surface area contributed by atoms with Crippen LogP contribution in [0.2, 0.25) is 0 Å². The van der Waals surface area contributed by atoms with E-state index < -0.39 is 0 Å². The molecule has 1 unspecified atom stereocenters. The molecule has 0 saturated carbocycles. The first-order valence-electron chi connectivity index (χ1n) is 9.71. The van der Waals surface area contributed by atoms with E-state index in [4.69, 9.17) is 0 Å². The van der Waals surface area contributed by atoms with Crippen molar-refractivity contribution in [3.05, 3.63) is 88.4 Å². The molecule has 0 aliphatic heterocycles. The Hall–Kier alpha value is -2.99. The van der Waals surface area contributed by atoms with Gasteiger partial charge in [0.1, 0.15) is 0 Å². The molecule has 29 heavy (non-hydrogen) atoms. The maximum absolute atomic E-state index is 13.0. The molecule has 150 valence electrons. The normalized spacial score (nSPS) is 11.6. The summed E-state index contributed by atoms with van der Waals surface area (Å²) in [6.07, 6.45) is 2.71. The second-order valence-corrected chi connectivity index (χ2v) is 7.72. The van der Waals surface area contributed by atoms with Gasteiger partial charge in [0.05, 0.1) is 16.6 Å². The van der Waals surface area contributed by atoms with E-state index in [1.807, 2.05) is 71.8 Å². The van der Waals surface area contributed by atoms with Gasteiger partial charge in [0.25, 0.3) is 5.91 Å². The number of rotatable bonds is 9. The van der Waals surface area contributed by atoms with Crippen LogP contribution in [-0.4, -0.2) is 28.2 Å². The van der Waals surface area contributed by atoms with Crippen molar-refractivity contribution in [1.82, 2.24) is 15.2 Å². The first-order chi connectivity index (χ1) is 14.1. The number of hydrogen-bond acceptors (Lipinski definition) is 4. The molecule has 0 aliphatic carbocycles. The molecule has 5 nitrogen and oxygen atoms in total. The Balaban J connectivity index is 1.60. The highest BCUT2D eigenvalue weighted by molar-refractivity contribution is 7.12. The van der Waals surface area contributed by atoms with Gasteiger partial charge in [-0.15, -0.1) is 11.3 Å². The number of carbonyl (C=O) groups is 2. The van der Waals surface area contributed by atoms with Crippen LogP contribution in [0.25, 0.3) is 0 Å². The van der Waals surface area contributed by atoms with Crippen molar-refractivity contribution in [2.24, 2.45) is 0 Å². The molecule has 0 radical (unpaired) electrons. The number of aromatic nitrogens is 1. The second-order valence-electron chi connectivity index (χ2n) is 6.77. The van der Waals surface area contributed by atoms with Crippen LogP contribution >= 0.6 is 11.3 Å². The number of benzene rings is 1. The van der Waals surface area contributed by atoms with Gasteiger partial charge in [-0.3, -0.25) is 14.6 Å². The minimum atomic E-state index is -0.135. The Kier molecular flexibility index (Phi) is 7.53. The van der Waals surface area contributed by atoms with Crippen LogP contribution in [0.5, 0.6) is 0 Å². The number of hydrogen-bond donors (Lipinski definition) is 1. The first kappa shape index (κ1) is 20.7. The number of pyridine rings is 1. The summed E-state index contributed by atoms with van der Waals surface area (Å²) in [5, 5.41) is 4.75. The van der Waals surface area contributed by atoms with Crippen molar-refractivity contribution in [3.8, 4) is 0 Å². The third kappa shape index (κ3) is 5.99. The molecule has 1 atom stereocenters. The van der Waals surface area contributed by atoms with E-state index in [0.29, 0.717) is 30.8 Å². The zero-order valence-corrected chi connectivity index (χ0v) is 17.3.